The fourth-order valence-electron chi connectivity index (χ4n) is 1.29. The van der Waals surface area contributed by atoms with E-state index >= 15 is 0 Å². The summed E-state index contributed by atoms with van der Waals surface area (Å²) in [6.45, 7) is 0. The first-order chi connectivity index (χ1) is 6.16. The highest BCUT2D eigenvalue weighted by atomic mass is 14.8. The molecule has 0 aliphatic heterocycles. The molecule has 0 fully saturated rings. The van der Waals surface area contributed by atoms with Crippen LogP contribution in [0, 0.1) is 0 Å². The van der Waals surface area contributed by atoms with Gasteiger partial charge in [0.1, 0.15) is 5.82 Å². The molecule has 0 aliphatic carbocycles. The molecule has 1 heterocycles. The van der Waals surface area contributed by atoms with Crippen LogP contribution in [0.2, 0.25) is 0 Å². The second-order valence-corrected chi connectivity index (χ2v) is 2.91. The van der Waals surface area contributed by atoms with E-state index in [9.17, 15) is 0 Å². The lowest BCUT2D eigenvalue weighted by Gasteiger charge is -2.03. The lowest BCUT2D eigenvalue weighted by molar-refractivity contribution is 1.42. The van der Waals surface area contributed by atoms with Crippen molar-refractivity contribution in [2.24, 2.45) is 0 Å². The predicted molar refractivity (Wildman–Crippen MR) is 55.0 cm³/mol. The number of hydrogen-bond acceptors (Lipinski definition) is 4. The third-order valence-corrected chi connectivity index (χ3v) is 1.88. The maximum absolute atomic E-state index is 5.75. The van der Waals surface area contributed by atoms with Gasteiger partial charge in [-0.1, -0.05) is 0 Å². The monoisotopic (exact) mass is 174 g/mol. The molecule has 0 spiro atoms. The molecule has 66 valence electrons. The fourth-order valence-corrected chi connectivity index (χ4v) is 1.29. The number of benzene rings is 1. The molecule has 1 aromatic carbocycles. The molecule has 2 aromatic rings. The standard InChI is InChI=1S/C9H10N4/c10-5-1-2-8-6(3-5)7(11)4-9(12)13-8/h1-4H,10H2,(H4,11,12,13). The highest BCUT2D eigenvalue weighted by molar-refractivity contribution is 5.93. The van der Waals surface area contributed by atoms with Crippen LogP contribution in [0.4, 0.5) is 17.2 Å². The van der Waals surface area contributed by atoms with Gasteiger partial charge in [-0.2, -0.15) is 0 Å². The van der Waals surface area contributed by atoms with Crippen LogP contribution in [0.1, 0.15) is 0 Å². The Morgan fingerprint density at radius 3 is 2.54 bits per heavy atom. The highest BCUT2D eigenvalue weighted by Gasteiger charge is 2.00. The smallest absolute Gasteiger partial charge is 0.126 e. The maximum atomic E-state index is 5.75. The van der Waals surface area contributed by atoms with Crippen LogP contribution >= 0.6 is 0 Å². The van der Waals surface area contributed by atoms with Gasteiger partial charge in [0, 0.05) is 22.8 Å². The van der Waals surface area contributed by atoms with E-state index in [2.05, 4.69) is 4.98 Å². The van der Waals surface area contributed by atoms with Gasteiger partial charge < -0.3 is 17.2 Å². The molecule has 0 saturated carbocycles. The first-order valence-corrected chi connectivity index (χ1v) is 3.88. The Labute approximate surface area is 75.4 Å². The van der Waals surface area contributed by atoms with E-state index in [-0.39, 0.29) is 0 Å². The predicted octanol–water partition coefficient (Wildman–Crippen LogP) is 0.981. The van der Waals surface area contributed by atoms with Crippen LogP contribution in [-0.2, 0) is 0 Å². The fraction of sp³-hybridized carbons (Fsp3) is 0. The minimum Gasteiger partial charge on any atom is -0.399 e. The minimum atomic E-state index is 0.426. The molecule has 0 bridgehead atoms. The summed E-state index contributed by atoms with van der Waals surface area (Å²) >= 11 is 0. The van der Waals surface area contributed by atoms with Gasteiger partial charge in [0.25, 0.3) is 0 Å². The Morgan fingerprint density at radius 2 is 1.77 bits per heavy atom. The molecule has 0 amide bonds. The quantitative estimate of drug-likeness (QED) is 0.519. The summed E-state index contributed by atoms with van der Waals surface area (Å²) in [5.41, 5.74) is 19.0. The average Bonchev–Trinajstić information content (AvgIpc) is 2.06. The number of aromatic nitrogens is 1. The Kier molecular flexibility index (Phi) is 1.48. The van der Waals surface area contributed by atoms with E-state index in [1.165, 1.54) is 0 Å². The summed E-state index contributed by atoms with van der Waals surface area (Å²) in [5.74, 6) is 0.426. The summed E-state index contributed by atoms with van der Waals surface area (Å²) in [4.78, 5) is 4.12. The van der Waals surface area contributed by atoms with Crippen molar-refractivity contribution in [3.63, 3.8) is 0 Å². The van der Waals surface area contributed by atoms with Gasteiger partial charge in [-0.05, 0) is 18.2 Å². The Hall–Kier alpha value is -1.97. The van der Waals surface area contributed by atoms with Crippen molar-refractivity contribution in [3.05, 3.63) is 24.3 Å². The summed E-state index contributed by atoms with van der Waals surface area (Å²) < 4.78 is 0. The largest absolute Gasteiger partial charge is 0.399 e. The number of fused-ring (bicyclic) bond motifs is 1. The number of nitrogen functional groups attached to an aromatic ring is 3. The van der Waals surface area contributed by atoms with Crippen LogP contribution in [-0.4, -0.2) is 4.98 Å². The summed E-state index contributed by atoms with van der Waals surface area (Å²) in [6.07, 6.45) is 0. The molecule has 2 rings (SSSR count). The van der Waals surface area contributed by atoms with E-state index < -0.39 is 0 Å². The Balaban J connectivity index is 2.87. The van der Waals surface area contributed by atoms with Gasteiger partial charge in [0.05, 0.1) is 5.52 Å². The number of pyridine rings is 1. The summed E-state index contributed by atoms with van der Waals surface area (Å²) in [7, 11) is 0. The number of rotatable bonds is 0. The molecule has 0 saturated heterocycles. The number of anilines is 3. The third kappa shape index (κ3) is 1.22. The molecular formula is C9H10N4. The van der Waals surface area contributed by atoms with E-state index in [1.54, 1.807) is 24.3 Å². The van der Waals surface area contributed by atoms with Crippen LogP contribution in [0.15, 0.2) is 24.3 Å². The third-order valence-electron chi connectivity index (χ3n) is 1.88. The van der Waals surface area contributed by atoms with Gasteiger partial charge in [-0.3, -0.25) is 0 Å². The first kappa shape index (κ1) is 7.67. The second kappa shape index (κ2) is 2.52. The minimum absolute atomic E-state index is 0.426. The molecular weight excluding hydrogens is 164 g/mol. The van der Waals surface area contributed by atoms with Gasteiger partial charge >= 0.3 is 0 Å². The zero-order valence-corrected chi connectivity index (χ0v) is 6.99. The molecule has 4 heteroatoms. The normalized spacial score (nSPS) is 10.5. The number of hydrogen-bond donors (Lipinski definition) is 3. The summed E-state index contributed by atoms with van der Waals surface area (Å²) in [6, 6.07) is 6.99. The van der Waals surface area contributed by atoms with E-state index in [4.69, 9.17) is 17.2 Å². The van der Waals surface area contributed by atoms with Crippen molar-refractivity contribution < 1.29 is 0 Å². The van der Waals surface area contributed by atoms with Crippen LogP contribution in [0.25, 0.3) is 10.9 Å². The lowest BCUT2D eigenvalue weighted by atomic mass is 10.1. The SMILES string of the molecule is Nc1ccc2nc(N)cc(N)c2c1. The maximum Gasteiger partial charge on any atom is 0.126 e. The molecule has 0 atom stereocenters. The van der Waals surface area contributed by atoms with Gasteiger partial charge in [-0.15, -0.1) is 0 Å². The molecule has 6 N–H and O–H groups in total. The molecule has 13 heavy (non-hydrogen) atoms. The average molecular weight is 174 g/mol. The molecule has 0 radical (unpaired) electrons. The van der Waals surface area contributed by atoms with E-state index in [1.807, 2.05) is 0 Å². The van der Waals surface area contributed by atoms with Crippen molar-refractivity contribution in [1.29, 1.82) is 0 Å². The Morgan fingerprint density at radius 1 is 1.00 bits per heavy atom. The van der Waals surface area contributed by atoms with Crippen molar-refractivity contribution >= 4 is 28.1 Å². The van der Waals surface area contributed by atoms with Gasteiger partial charge in [-0.25, -0.2) is 4.98 Å². The van der Waals surface area contributed by atoms with Crippen molar-refractivity contribution in [2.45, 2.75) is 0 Å². The zero-order valence-electron chi connectivity index (χ0n) is 6.99. The summed E-state index contributed by atoms with van der Waals surface area (Å²) in [5, 5.41) is 0.842. The Bertz CT molecular complexity index is 464. The van der Waals surface area contributed by atoms with Crippen molar-refractivity contribution in [1.82, 2.24) is 4.98 Å². The topological polar surface area (TPSA) is 90.9 Å². The lowest BCUT2D eigenvalue weighted by Crippen LogP contribution is -1.96. The van der Waals surface area contributed by atoms with Crippen LogP contribution in [0.3, 0.4) is 0 Å². The molecule has 4 nitrogen and oxygen atoms in total. The van der Waals surface area contributed by atoms with Gasteiger partial charge in [0.2, 0.25) is 0 Å². The van der Waals surface area contributed by atoms with E-state index in [0.29, 0.717) is 17.2 Å². The molecule has 1 aromatic heterocycles. The zero-order chi connectivity index (χ0) is 9.42. The number of nitrogens with two attached hydrogens (primary N) is 3. The molecule has 0 unspecified atom stereocenters. The highest BCUT2D eigenvalue weighted by Crippen LogP contribution is 2.23. The number of nitrogens with zero attached hydrogens (tertiary/aromatic N) is 1. The van der Waals surface area contributed by atoms with Gasteiger partial charge in [0.15, 0.2) is 0 Å². The van der Waals surface area contributed by atoms with Crippen LogP contribution < -0.4 is 17.2 Å². The van der Waals surface area contributed by atoms with Crippen molar-refractivity contribution in [3.8, 4) is 0 Å². The van der Waals surface area contributed by atoms with Crippen molar-refractivity contribution in [2.75, 3.05) is 17.2 Å². The molecule has 0 aliphatic rings. The van der Waals surface area contributed by atoms with Crippen LogP contribution in [0.5, 0.6) is 0 Å². The second-order valence-electron chi connectivity index (χ2n) is 2.91. The first-order valence-electron chi connectivity index (χ1n) is 3.88. The van der Waals surface area contributed by atoms with E-state index in [0.717, 1.165) is 10.9 Å².